The molecule has 2 aromatic carbocycles. The zero-order valence-corrected chi connectivity index (χ0v) is 16.2. The smallest absolute Gasteiger partial charge is 0.310 e. The second-order valence-corrected chi connectivity index (χ2v) is 6.63. The van der Waals surface area contributed by atoms with Gasteiger partial charge in [0, 0.05) is 16.5 Å². The van der Waals surface area contributed by atoms with E-state index in [2.05, 4.69) is 10.6 Å². The van der Waals surface area contributed by atoms with Gasteiger partial charge in [-0.1, -0.05) is 18.2 Å². The number of nitrogens with zero attached hydrogens (tertiary/aromatic N) is 2. The van der Waals surface area contributed by atoms with Crippen LogP contribution in [0.25, 0.3) is 27.6 Å². The fourth-order valence-electron chi connectivity index (χ4n) is 3.64. The van der Waals surface area contributed by atoms with Crippen molar-refractivity contribution in [2.45, 2.75) is 20.3 Å². The Labute approximate surface area is 163 Å². The third-order valence-electron chi connectivity index (χ3n) is 4.98. The molecule has 0 atom stereocenters. The molecule has 2 aromatic heterocycles. The standard InChI is InChI=1S/C23H22N2O3/c1-4-28-23(26)14-18-15(2)25(21-11-10-17(27-3)13-19(18)21)22-12-9-16-7-5-6-8-20(16)24-22/h5-13H,4,14H2,1-3H3. The zero-order valence-electron chi connectivity index (χ0n) is 16.2. The van der Waals surface area contributed by atoms with Gasteiger partial charge < -0.3 is 9.47 Å². The van der Waals surface area contributed by atoms with Gasteiger partial charge in [-0.05, 0) is 55.8 Å². The van der Waals surface area contributed by atoms with Crippen molar-refractivity contribution in [3.8, 4) is 11.6 Å². The molecular weight excluding hydrogens is 352 g/mol. The van der Waals surface area contributed by atoms with Gasteiger partial charge >= 0.3 is 5.97 Å². The minimum atomic E-state index is -0.237. The van der Waals surface area contributed by atoms with Crippen LogP contribution >= 0.6 is 0 Å². The third-order valence-corrected chi connectivity index (χ3v) is 4.98. The molecule has 0 bridgehead atoms. The van der Waals surface area contributed by atoms with E-state index in [9.17, 15) is 4.79 Å². The number of ether oxygens (including phenoxy) is 2. The summed E-state index contributed by atoms with van der Waals surface area (Å²) in [5, 5.41) is 2.06. The van der Waals surface area contributed by atoms with Crippen LogP contribution in [0, 0.1) is 6.92 Å². The number of methoxy groups -OCH3 is 1. The van der Waals surface area contributed by atoms with Crippen LogP contribution < -0.4 is 4.74 Å². The molecule has 0 saturated heterocycles. The average molecular weight is 374 g/mol. The maximum Gasteiger partial charge on any atom is 0.310 e. The number of pyridine rings is 1. The molecule has 0 fully saturated rings. The van der Waals surface area contributed by atoms with Gasteiger partial charge in [0.2, 0.25) is 0 Å². The van der Waals surface area contributed by atoms with E-state index in [1.165, 1.54) is 0 Å². The molecule has 4 rings (SSSR count). The first kappa shape index (κ1) is 18.0. The predicted octanol–water partition coefficient (Wildman–Crippen LogP) is 4.60. The molecule has 0 aliphatic rings. The first-order valence-electron chi connectivity index (χ1n) is 9.32. The van der Waals surface area contributed by atoms with Crippen LogP contribution in [0.5, 0.6) is 5.75 Å². The van der Waals surface area contributed by atoms with E-state index in [-0.39, 0.29) is 12.4 Å². The number of aromatic nitrogens is 2. The Balaban J connectivity index is 1.94. The van der Waals surface area contributed by atoms with Crippen LogP contribution in [0.2, 0.25) is 0 Å². The van der Waals surface area contributed by atoms with Crippen LogP contribution in [0.1, 0.15) is 18.2 Å². The number of hydrogen-bond acceptors (Lipinski definition) is 4. The highest BCUT2D eigenvalue weighted by Crippen LogP contribution is 2.32. The molecule has 28 heavy (non-hydrogen) atoms. The molecule has 142 valence electrons. The number of esters is 1. The Morgan fingerprint density at radius 3 is 2.71 bits per heavy atom. The normalized spacial score (nSPS) is 11.1. The number of rotatable bonds is 5. The topological polar surface area (TPSA) is 53.4 Å². The number of fused-ring (bicyclic) bond motifs is 2. The average Bonchev–Trinajstić information content (AvgIpc) is 2.98. The van der Waals surface area contributed by atoms with Gasteiger partial charge in [0.25, 0.3) is 0 Å². The number of hydrogen-bond donors (Lipinski definition) is 0. The number of carbonyl (C=O) groups excluding carboxylic acids is 1. The highest BCUT2D eigenvalue weighted by atomic mass is 16.5. The Hall–Kier alpha value is -3.34. The first-order chi connectivity index (χ1) is 13.6. The predicted molar refractivity (Wildman–Crippen MR) is 110 cm³/mol. The minimum Gasteiger partial charge on any atom is -0.497 e. The summed E-state index contributed by atoms with van der Waals surface area (Å²) in [7, 11) is 1.64. The van der Waals surface area contributed by atoms with E-state index in [0.29, 0.717) is 6.61 Å². The Kier molecular flexibility index (Phi) is 4.74. The van der Waals surface area contributed by atoms with Crippen LogP contribution in [0.4, 0.5) is 0 Å². The van der Waals surface area contributed by atoms with E-state index in [4.69, 9.17) is 14.5 Å². The van der Waals surface area contributed by atoms with Crippen molar-refractivity contribution in [3.05, 3.63) is 65.9 Å². The van der Waals surface area contributed by atoms with Crippen molar-refractivity contribution in [1.29, 1.82) is 0 Å². The molecule has 5 heteroatoms. The second-order valence-electron chi connectivity index (χ2n) is 6.63. The largest absolute Gasteiger partial charge is 0.497 e. The highest BCUT2D eigenvalue weighted by molar-refractivity contribution is 5.92. The zero-order chi connectivity index (χ0) is 19.7. The number of para-hydroxylation sites is 1. The van der Waals surface area contributed by atoms with Gasteiger partial charge in [-0.2, -0.15) is 0 Å². The van der Waals surface area contributed by atoms with Gasteiger partial charge in [0.15, 0.2) is 0 Å². The summed E-state index contributed by atoms with van der Waals surface area (Å²) in [5.74, 6) is 1.33. The summed E-state index contributed by atoms with van der Waals surface area (Å²) in [4.78, 5) is 17.0. The molecule has 0 saturated carbocycles. The fourth-order valence-corrected chi connectivity index (χ4v) is 3.64. The SMILES string of the molecule is CCOC(=O)Cc1c(C)n(-c2ccc3ccccc3n2)c2ccc(OC)cc12. The van der Waals surface area contributed by atoms with Gasteiger partial charge in [-0.25, -0.2) is 4.98 Å². The maximum absolute atomic E-state index is 12.2. The lowest BCUT2D eigenvalue weighted by Gasteiger charge is -2.09. The minimum absolute atomic E-state index is 0.212. The lowest BCUT2D eigenvalue weighted by atomic mass is 10.1. The molecule has 0 aliphatic carbocycles. The van der Waals surface area contributed by atoms with Crippen LogP contribution in [-0.4, -0.2) is 29.2 Å². The fraction of sp³-hybridized carbons (Fsp3) is 0.217. The molecule has 0 amide bonds. The molecule has 5 nitrogen and oxygen atoms in total. The highest BCUT2D eigenvalue weighted by Gasteiger charge is 2.19. The summed E-state index contributed by atoms with van der Waals surface area (Å²) in [6, 6.07) is 18.0. The lowest BCUT2D eigenvalue weighted by Crippen LogP contribution is -2.09. The Morgan fingerprint density at radius 2 is 1.93 bits per heavy atom. The maximum atomic E-state index is 12.2. The van der Waals surface area contributed by atoms with E-state index >= 15 is 0 Å². The summed E-state index contributed by atoms with van der Waals surface area (Å²) >= 11 is 0. The molecular formula is C23H22N2O3. The van der Waals surface area contributed by atoms with Crippen LogP contribution in [0.15, 0.2) is 54.6 Å². The lowest BCUT2D eigenvalue weighted by molar-refractivity contribution is -0.142. The van der Waals surface area contributed by atoms with Gasteiger partial charge in [-0.15, -0.1) is 0 Å². The first-order valence-corrected chi connectivity index (χ1v) is 9.32. The van der Waals surface area contributed by atoms with E-state index in [1.807, 2.05) is 62.4 Å². The quantitative estimate of drug-likeness (QED) is 0.479. The van der Waals surface area contributed by atoms with Crippen molar-refractivity contribution >= 4 is 27.8 Å². The molecule has 2 heterocycles. The number of carbonyl (C=O) groups is 1. The van der Waals surface area contributed by atoms with Crippen LogP contribution in [0.3, 0.4) is 0 Å². The van der Waals surface area contributed by atoms with Crippen molar-refractivity contribution in [2.24, 2.45) is 0 Å². The second kappa shape index (κ2) is 7.35. The third kappa shape index (κ3) is 3.09. The van der Waals surface area contributed by atoms with Crippen molar-refractivity contribution in [2.75, 3.05) is 13.7 Å². The summed E-state index contributed by atoms with van der Waals surface area (Å²) in [6.45, 7) is 4.19. The molecule has 0 spiro atoms. The van der Waals surface area contributed by atoms with Gasteiger partial charge in [-0.3, -0.25) is 9.36 Å². The summed E-state index contributed by atoms with van der Waals surface area (Å²) in [5.41, 5.74) is 3.82. The molecule has 4 aromatic rings. The Morgan fingerprint density at radius 1 is 1.11 bits per heavy atom. The molecule has 0 unspecified atom stereocenters. The number of benzene rings is 2. The summed E-state index contributed by atoms with van der Waals surface area (Å²) < 4.78 is 12.7. The van der Waals surface area contributed by atoms with E-state index in [0.717, 1.165) is 44.6 Å². The van der Waals surface area contributed by atoms with E-state index < -0.39 is 0 Å². The van der Waals surface area contributed by atoms with Gasteiger partial charge in [0.05, 0.1) is 31.2 Å². The van der Waals surface area contributed by atoms with Crippen LogP contribution in [-0.2, 0) is 16.0 Å². The van der Waals surface area contributed by atoms with E-state index in [1.54, 1.807) is 7.11 Å². The monoisotopic (exact) mass is 374 g/mol. The van der Waals surface area contributed by atoms with Crippen molar-refractivity contribution < 1.29 is 14.3 Å². The summed E-state index contributed by atoms with van der Waals surface area (Å²) in [6.07, 6.45) is 0.212. The molecule has 0 radical (unpaired) electrons. The van der Waals surface area contributed by atoms with Crippen molar-refractivity contribution in [1.82, 2.24) is 9.55 Å². The van der Waals surface area contributed by atoms with Gasteiger partial charge in [0.1, 0.15) is 11.6 Å². The molecule has 0 aliphatic heterocycles. The Bertz CT molecular complexity index is 1180. The van der Waals surface area contributed by atoms with Crippen molar-refractivity contribution in [3.63, 3.8) is 0 Å². The molecule has 0 N–H and O–H groups in total.